The van der Waals surface area contributed by atoms with Gasteiger partial charge in [-0.3, -0.25) is 4.79 Å². The molecule has 134 valence electrons. The Morgan fingerprint density at radius 1 is 1.04 bits per heavy atom. The zero-order chi connectivity index (χ0) is 18.5. The average molecular weight is 370 g/mol. The highest BCUT2D eigenvalue weighted by atomic mass is 35.5. The summed E-state index contributed by atoms with van der Waals surface area (Å²) in [4.78, 5) is 12.0. The van der Waals surface area contributed by atoms with Crippen molar-refractivity contribution in [2.24, 2.45) is 0 Å². The second-order valence-electron chi connectivity index (χ2n) is 6.16. The van der Waals surface area contributed by atoms with Gasteiger partial charge in [0.25, 0.3) is 5.91 Å². The van der Waals surface area contributed by atoms with Crippen LogP contribution in [0.25, 0.3) is 11.3 Å². The van der Waals surface area contributed by atoms with Gasteiger partial charge in [-0.05, 0) is 73.5 Å². The number of hydrogen-bond acceptors (Lipinski definition) is 3. The maximum Gasteiger partial charge on any atom is 0.258 e. The van der Waals surface area contributed by atoms with E-state index in [0.29, 0.717) is 23.1 Å². The molecule has 26 heavy (non-hydrogen) atoms. The van der Waals surface area contributed by atoms with E-state index in [1.165, 1.54) is 0 Å². The van der Waals surface area contributed by atoms with Gasteiger partial charge in [0.05, 0.1) is 6.54 Å². The van der Waals surface area contributed by atoms with Crippen LogP contribution in [0.1, 0.15) is 16.9 Å². The van der Waals surface area contributed by atoms with Crippen molar-refractivity contribution in [2.45, 2.75) is 20.4 Å². The molecule has 2 aromatic carbocycles. The van der Waals surface area contributed by atoms with Crippen LogP contribution in [0.2, 0.25) is 5.02 Å². The lowest BCUT2D eigenvalue weighted by Gasteiger charge is -2.08. The second kappa shape index (κ2) is 8.11. The summed E-state index contributed by atoms with van der Waals surface area (Å²) in [5.74, 6) is 1.90. The van der Waals surface area contributed by atoms with Crippen molar-refractivity contribution in [3.8, 4) is 17.1 Å². The van der Waals surface area contributed by atoms with Crippen LogP contribution >= 0.6 is 11.6 Å². The topological polar surface area (TPSA) is 51.5 Å². The van der Waals surface area contributed by atoms with Gasteiger partial charge in [-0.2, -0.15) is 0 Å². The summed E-state index contributed by atoms with van der Waals surface area (Å²) in [6.07, 6.45) is 0. The third-order valence-electron chi connectivity index (χ3n) is 3.82. The molecule has 3 aromatic rings. The van der Waals surface area contributed by atoms with Gasteiger partial charge >= 0.3 is 0 Å². The predicted molar refractivity (Wildman–Crippen MR) is 102 cm³/mol. The summed E-state index contributed by atoms with van der Waals surface area (Å²) in [7, 11) is 0. The summed E-state index contributed by atoms with van der Waals surface area (Å²) < 4.78 is 11.3. The Bertz CT molecular complexity index is 880. The van der Waals surface area contributed by atoms with Crippen LogP contribution in [0.4, 0.5) is 0 Å². The zero-order valence-electron chi connectivity index (χ0n) is 14.7. The molecular formula is C21H20ClNO3. The minimum absolute atomic E-state index is 0.0341. The molecule has 1 heterocycles. The van der Waals surface area contributed by atoms with Crippen molar-refractivity contribution in [3.63, 3.8) is 0 Å². The Balaban J connectivity index is 1.51. The zero-order valence-corrected chi connectivity index (χ0v) is 15.5. The highest BCUT2D eigenvalue weighted by Gasteiger charge is 2.08. The summed E-state index contributed by atoms with van der Waals surface area (Å²) in [6, 6.07) is 17.0. The second-order valence-corrected chi connectivity index (χ2v) is 6.60. The highest BCUT2D eigenvalue weighted by molar-refractivity contribution is 6.30. The van der Waals surface area contributed by atoms with E-state index in [2.05, 4.69) is 11.4 Å². The van der Waals surface area contributed by atoms with Crippen molar-refractivity contribution >= 4 is 17.5 Å². The lowest BCUT2D eigenvalue weighted by Crippen LogP contribution is -2.28. The summed E-state index contributed by atoms with van der Waals surface area (Å²) in [5, 5.41) is 3.47. The minimum Gasteiger partial charge on any atom is -0.484 e. The Kier molecular flexibility index (Phi) is 5.64. The molecule has 0 aliphatic carbocycles. The van der Waals surface area contributed by atoms with E-state index in [9.17, 15) is 4.79 Å². The van der Waals surface area contributed by atoms with Crippen molar-refractivity contribution in [2.75, 3.05) is 6.61 Å². The van der Waals surface area contributed by atoms with Gasteiger partial charge in [0.1, 0.15) is 17.3 Å². The van der Waals surface area contributed by atoms with E-state index in [4.69, 9.17) is 20.8 Å². The van der Waals surface area contributed by atoms with Crippen molar-refractivity contribution in [1.82, 2.24) is 5.32 Å². The Labute approximate surface area is 157 Å². The van der Waals surface area contributed by atoms with Crippen LogP contribution < -0.4 is 10.1 Å². The molecule has 0 saturated carbocycles. The number of benzene rings is 2. The fourth-order valence-electron chi connectivity index (χ4n) is 2.64. The van der Waals surface area contributed by atoms with E-state index in [1.54, 1.807) is 0 Å². The van der Waals surface area contributed by atoms with Crippen molar-refractivity contribution in [3.05, 3.63) is 76.5 Å². The van der Waals surface area contributed by atoms with Crippen LogP contribution in [0.15, 0.2) is 59.0 Å². The first kappa shape index (κ1) is 18.1. The van der Waals surface area contributed by atoms with Gasteiger partial charge in [0.2, 0.25) is 0 Å². The third-order valence-corrected chi connectivity index (χ3v) is 4.07. The normalized spacial score (nSPS) is 10.6. The van der Waals surface area contributed by atoms with E-state index < -0.39 is 0 Å². The molecule has 0 saturated heterocycles. The number of ether oxygens (including phenoxy) is 1. The molecule has 0 aliphatic rings. The lowest BCUT2D eigenvalue weighted by molar-refractivity contribution is -0.123. The largest absolute Gasteiger partial charge is 0.484 e. The summed E-state index contributed by atoms with van der Waals surface area (Å²) >= 11 is 5.89. The Morgan fingerprint density at radius 2 is 1.73 bits per heavy atom. The van der Waals surface area contributed by atoms with Crippen LogP contribution in [-0.4, -0.2) is 12.5 Å². The maximum absolute atomic E-state index is 12.0. The fourth-order valence-corrected chi connectivity index (χ4v) is 2.77. The molecule has 4 nitrogen and oxygen atoms in total. The quantitative estimate of drug-likeness (QED) is 0.671. The molecule has 0 spiro atoms. The molecule has 0 fully saturated rings. The van der Waals surface area contributed by atoms with Gasteiger partial charge in [-0.25, -0.2) is 0 Å². The number of halogens is 1. The van der Waals surface area contributed by atoms with Gasteiger partial charge in [-0.15, -0.1) is 0 Å². The van der Waals surface area contributed by atoms with Gasteiger partial charge in [0.15, 0.2) is 6.61 Å². The molecule has 0 bridgehead atoms. The van der Waals surface area contributed by atoms with Crippen LogP contribution in [0.5, 0.6) is 5.75 Å². The molecule has 1 aromatic heterocycles. The van der Waals surface area contributed by atoms with Crippen molar-refractivity contribution in [1.29, 1.82) is 0 Å². The molecule has 0 atom stereocenters. The first-order valence-corrected chi connectivity index (χ1v) is 8.70. The molecule has 3 rings (SSSR count). The van der Waals surface area contributed by atoms with Gasteiger partial charge in [0, 0.05) is 10.6 Å². The van der Waals surface area contributed by atoms with Crippen molar-refractivity contribution < 1.29 is 13.9 Å². The third kappa shape index (κ3) is 4.90. The molecule has 0 aliphatic heterocycles. The number of carbonyl (C=O) groups is 1. The van der Waals surface area contributed by atoms with E-state index in [1.807, 2.05) is 62.4 Å². The number of hydrogen-bond donors (Lipinski definition) is 1. The molecule has 5 heteroatoms. The molecule has 0 radical (unpaired) electrons. The first-order chi connectivity index (χ1) is 12.5. The lowest BCUT2D eigenvalue weighted by atomic mass is 10.1. The van der Waals surface area contributed by atoms with E-state index >= 15 is 0 Å². The number of amides is 1. The maximum atomic E-state index is 12.0. The van der Waals surface area contributed by atoms with Crippen LogP contribution in [-0.2, 0) is 11.3 Å². The monoisotopic (exact) mass is 369 g/mol. The average Bonchev–Trinajstić information content (AvgIpc) is 3.07. The number of carbonyl (C=O) groups excluding carboxylic acids is 1. The molecular weight excluding hydrogens is 350 g/mol. The first-order valence-electron chi connectivity index (χ1n) is 8.32. The van der Waals surface area contributed by atoms with Crippen LogP contribution in [0, 0.1) is 13.8 Å². The summed E-state index contributed by atoms with van der Waals surface area (Å²) in [5.41, 5.74) is 3.14. The Hall–Kier alpha value is -2.72. The van der Waals surface area contributed by atoms with E-state index in [-0.39, 0.29) is 12.5 Å². The number of rotatable bonds is 6. The summed E-state index contributed by atoms with van der Waals surface area (Å²) in [6.45, 7) is 4.26. The highest BCUT2D eigenvalue weighted by Crippen LogP contribution is 2.23. The van der Waals surface area contributed by atoms with Gasteiger partial charge < -0.3 is 14.5 Å². The predicted octanol–water partition coefficient (Wildman–Crippen LogP) is 4.91. The number of furan rings is 1. The Morgan fingerprint density at radius 3 is 2.42 bits per heavy atom. The smallest absolute Gasteiger partial charge is 0.258 e. The van der Waals surface area contributed by atoms with Gasteiger partial charge in [-0.1, -0.05) is 17.7 Å². The molecule has 1 amide bonds. The minimum atomic E-state index is -0.200. The fraction of sp³-hybridized carbons (Fsp3) is 0.190. The van der Waals surface area contributed by atoms with Crippen LogP contribution in [0.3, 0.4) is 0 Å². The molecule has 1 N–H and O–H groups in total. The molecule has 0 unspecified atom stereocenters. The SMILES string of the molecule is Cc1cc(C)cc(OCC(=O)NCc2ccc(-c3ccc(Cl)cc3)o2)c1. The number of nitrogens with one attached hydrogen (secondary N) is 1. The number of aryl methyl sites for hydroxylation is 2. The standard InChI is InChI=1S/C21H20ClNO3/c1-14-9-15(2)11-19(10-14)25-13-21(24)23-12-18-7-8-20(26-18)16-3-5-17(22)6-4-16/h3-11H,12-13H2,1-2H3,(H,23,24). The van der Waals surface area contributed by atoms with E-state index in [0.717, 1.165) is 22.5 Å².